The van der Waals surface area contributed by atoms with Crippen molar-refractivity contribution in [2.75, 3.05) is 12.4 Å². The normalized spacial score (nSPS) is 10.1. The summed E-state index contributed by atoms with van der Waals surface area (Å²) < 4.78 is 0. The number of hydrogen-bond acceptors (Lipinski definition) is 1. The highest BCUT2D eigenvalue weighted by Crippen LogP contribution is 2.06. The Kier molecular flexibility index (Phi) is 10.8. The molecule has 2 heteroatoms. The van der Waals surface area contributed by atoms with Crippen LogP contribution in [0, 0.1) is 0 Å². The molecule has 0 aliphatic heterocycles. The summed E-state index contributed by atoms with van der Waals surface area (Å²) in [6.45, 7) is 7.07. The van der Waals surface area contributed by atoms with Gasteiger partial charge in [0, 0.05) is 12.2 Å². The highest BCUT2D eigenvalue weighted by atomic mass is 35.5. The molecule has 0 aromatic heterocycles. The molecule has 0 rings (SSSR count). The molecule has 0 aromatic carbocycles. The van der Waals surface area contributed by atoms with Gasteiger partial charge in [-0.3, -0.25) is 0 Å². The Hall–Kier alpha value is -0.170. The molecule has 1 N–H and O–H groups in total. The summed E-state index contributed by atoms with van der Waals surface area (Å²) in [5, 5.41) is 3.21. The second kappa shape index (κ2) is 10.9. The van der Waals surface area contributed by atoms with Gasteiger partial charge >= 0.3 is 0 Å². The monoisotopic (exact) mass is 217 g/mol. The van der Waals surface area contributed by atoms with E-state index in [0.717, 1.165) is 12.2 Å². The smallest absolute Gasteiger partial charge is 0.0615 e. The Balaban J connectivity index is 2.95. The van der Waals surface area contributed by atoms with Crippen molar-refractivity contribution in [3.63, 3.8) is 0 Å². The van der Waals surface area contributed by atoms with Gasteiger partial charge in [-0.05, 0) is 6.42 Å². The Morgan fingerprint density at radius 1 is 1.07 bits per heavy atom. The zero-order chi connectivity index (χ0) is 10.6. The van der Waals surface area contributed by atoms with E-state index < -0.39 is 0 Å². The van der Waals surface area contributed by atoms with Gasteiger partial charge in [0.05, 0.1) is 5.88 Å². The molecule has 0 saturated heterocycles. The van der Waals surface area contributed by atoms with Gasteiger partial charge in [0.1, 0.15) is 0 Å². The van der Waals surface area contributed by atoms with Crippen LogP contribution in [-0.4, -0.2) is 12.4 Å². The van der Waals surface area contributed by atoms with E-state index in [1.54, 1.807) is 0 Å². The lowest BCUT2D eigenvalue weighted by Crippen LogP contribution is -2.14. The standard InChI is InChI=1S/C12H24ClN/c1-3-4-5-6-7-8-9-10-14-12(2)11-13/h14H,2-11H2,1H3. The van der Waals surface area contributed by atoms with Gasteiger partial charge in [-0.15, -0.1) is 11.6 Å². The first-order valence-corrected chi connectivity index (χ1v) is 6.32. The number of unbranched alkanes of at least 4 members (excludes halogenated alkanes) is 6. The number of allylic oxidation sites excluding steroid dienone is 1. The highest BCUT2D eigenvalue weighted by molar-refractivity contribution is 6.19. The Bertz CT molecular complexity index is 134. The maximum atomic E-state index is 5.59. The molecule has 0 aliphatic carbocycles. The lowest BCUT2D eigenvalue weighted by atomic mass is 10.1. The van der Waals surface area contributed by atoms with Gasteiger partial charge in [0.25, 0.3) is 0 Å². The molecule has 0 amide bonds. The Morgan fingerprint density at radius 3 is 2.21 bits per heavy atom. The lowest BCUT2D eigenvalue weighted by Gasteiger charge is -2.05. The molecule has 0 bridgehead atoms. The minimum Gasteiger partial charge on any atom is -0.388 e. The number of halogens is 1. The molecule has 0 spiro atoms. The van der Waals surface area contributed by atoms with E-state index in [0.29, 0.717) is 5.88 Å². The Labute approximate surface area is 93.9 Å². The van der Waals surface area contributed by atoms with Crippen LogP contribution in [0.3, 0.4) is 0 Å². The van der Waals surface area contributed by atoms with E-state index in [1.807, 2.05) is 0 Å². The van der Waals surface area contributed by atoms with Crippen LogP contribution in [0.1, 0.15) is 51.9 Å². The van der Waals surface area contributed by atoms with E-state index in [2.05, 4.69) is 18.8 Å². The second-order valence-electron chi connectivity index (χ2n) is 3.79. The molecule has 84 valence electrons. The fourth-order valence-corrected chi connectivity index (χ4v) is 1.49. The zero-order valence-corrected chi connectivity index (χ0v) is 10.2. The molecular formula is C12H24ClN. The molecule has 0 heterocycles. The summed E-state index contributed by atoms with van der Waals surface area (Å²) in [6, 6.07) is 0. The highest BCUT2D eigenvalue weighted by Gasteiger charge is 1.92. The fourth-order valence-electron chi connectivity index (χ4n) is 1.39. The average Bonchev–Trinajstić information content (AvgIpc) is 2.21. The first kappa shape index (κ1) is 13.8. The van der Waals surface area contributed by atoms with E-state index >= 15 is 0 Å². The van der Waals surface area contributed by atoms with Gasteiger partial charge in [0.2, 0.25) is 0 Å². The van der Waals surface area contributed by atoms with Crippen LogP contribution in [0.2, 0.25) is 0 Å². The van der Waals surface area contributed by atoms with Crippen molar-refractivity contribution in [2.45, 2.75) is 51.9 Å². The van der Waals surface area contributed by atoms with Gasteiger partial charge in [-0.1, -0.05) is 52.0 Å². The molecule has 14 heavy (non-hydrogen) atoms. The molecule has 0 unspecified atom stereocenters. The van der Waals surface area contributed by atoms with Gasteiger partial charge in [-0.2, -0.15) is 0 Å². The summed E-state index contributed by atoms with van der Waals surface area (Å²) in [4.78, 5) is 0. The molecular weight excluding hydrogens is 194 g/mol. The van der Waals surface area contributed by atoms with Crippen LogP contribution in [0.4, 0.5) is 0 Å². The zero-order valence-electron chi connectivity index (χ0n) is 9.45. The fraction of sp³-hybridized carbons (Fsp3) is 0.833. The summed E-state index contributed by atoms with van der Waals surface area (Å²) >= 11 is 5.59. The van der Waals surface area contributed by atoms with Crippen LogP contribution in [-0.2, 0) is 0 Å². The number of alkyl halides is 1. The predicted molar refractivity (Wildman–Crippen MR) is 65.9 cm³/mol. The molecule has 0 aromatic rings. The topological polar surface area (TPSA) is 12.0 Å². The third kappa shape index (κ3) is 9.91. The maximum absolute atomic E-state index is 5.59. The van der Waals surface area contributed by atoms with Gasteiger partial charge in [-0.25, -0.2) is 0 Å². The van der Waals surface area contributed by atoms with E-state index in [4.69, 9.17) is 11.6 Å². The van der Waals surface area contributed by atoms with E-state index in [-0.39, 0.29) is 0 Å². The van der Waals surface area contributed by atoms with Crippen molar-refractivity contribution in [3.05, 3.63) is 12.3 Å². The largest absolute Gasteiger partial charge is 0.388 e. The SMILES string of the molecule is C=C(CCl)NCCCCCCCCC. The van der Waals surface area contributed by atoms with Crippen molar-refractivity contribution in [1.29, 1.82) is 0 Å². The summed E-state index contributed by atoms with van der Waals surface area (Å²) in [5.41, 5.74) is 0.942. The maximum Gasteiger partial charge on any atom is 0.0615 e. The number of hydrogen-bond donors (Lipinski definition) is 1. The quantitative estimate of drug-likeness (QED) is 0.430. The second-order valence-corrected chi connectivity index (χ2v) is 4.05. The van der Waals surface area contributed by atoms with Crippen molar-refractivity contribution in [3.8, 4) is 0 Å². The number of rotatable bonds is 10. The summed E-state index contributed by atoms with van der Waals surface area (Å²) in [6.07, 6.45) is 9.45. The molecule has 1 nitrogen and oxygen atoms in total. The van der Waals surface area contributed by atoms with Crippen LogP contribution in [0.25, 0.3) is 0 Å². The average molecular weight is 218 g/mol. The molecule has 0 fully saturated rings. The molecule has 0 radical (unpaired) electrons. The minimum atomic E-state index is 0.524. The van der Waals surface area contributed by atoms with Crippen LogP contribution in [0.15, 0.2) is 12.3 Å². The van der Waals surface area contributed by atoms with Crippen molar-refractivity contribution < 1.29 is 0 Å². The van der Waals surface area contributed by atoms with Crippen LogP contribution < -0.4 is 5.32 Å². The van der Waals surface area contributed by atoms with E-state index in [1.165, 1.54) is 44.9 Å². The van der Waals surface area contributed by atoms with Crippen LogP contribution >= 0.6 is 11.6 Å². The van der Waals surface area contributed by atoms with Gasteiger partial charge < -0.3 is 5.32 Å². The van der Waals surface area contributed by atoms with Crippen LogP contribution in [0.5, 0.6) is 0 Å². The first-order chi connectivity index (χ1) is 6.81. The first-order valence-electron chi connectivity index (χ1n) is 5.79. The molecule has 0 aliphatic rings. The Morgan fingerprint density at radius 2 is 1.64 bits per heavy atom. The molecule has 0 saturated carbocycles. The van der Waals surface area contributed by atoms with Gasteiger partial charge in [0.15, 0.2) is 0 Å². The van der Waals surface area contributed by atoms with Crippen molar-refractivity contribution >= 4 is 11.6 Å². The summed E-state index contributed by atoms with van der Waals surface area (Å²) in [5.74, 6) is 0.524. The predicted octanol–water partition coefficient (Wildman–Crippen LogP) is 4.08. The lowest BCUT2D eigenvalue weighted by molar-refractivity contribution is 0.579. The molecule has 0 atom stereocenters. The van der Waals surface area contributed by atoms with Crippen molar-refractivity contribution in [2.24, 2.45) is 0 Å². The third-order valence-electron chi connectivity index (χ3n) is 2.32. The summed E-state index contributed by atoms with van der Waals surface area (Å²) in [7, 11) is 0. The number of nitrogens with one attached hydrogen (secondary N) is 1. The minimum absolute atomic E-state index is 0.524. The third-order valence-corrected chi connectivity index (χ3v) is 2.64. The van der Waals surface area contributed by atoms with Crippen molar-refractivity contribution in [1.82, 2.24) is 5.32 Å². The van der Waals surface area contributed by atoms with E-state index in [9.17, 15) is 0 Å².